The molecule has 2 aromatic rings. The van der Waals surface area contributed by atoms with Crippen LogP contribution in [0.1, 0.15) is 22.8 Å². The lowest BCUT2D eigenvalue weighted by molar-refractivity contribution is 0.0556. The minimum atomic E-state index is -0.530. The van der Waals surface area contributed by atoms with Gasteiger partial charge in [-0.3, -0.25) is 0 Å². The Kier molecular flexibility index (Phi) is 7.17. The van der Waals surface area contributed by atoms with Crippen LogP contribution in [0.2, 0.25) is 5.02 Å². The number of carbonyl (C=O) groups is 1. The molecule has 0 N–H and O–H groups in total. The zero-order valence-corrected chi connectivity index (χ0v) is 15.9. The summed E-state index contributed by atoms with van der Waals surface area (Å²) in [4.78, 5) is 12.0. The van der Waals surface area contributed by atoms with Crippen LogP contribution in [0, 0.1) is 12.3 Å². The molecule has 2 rings (SSSR count). The molecule has 0 saturated carbocycles. The summed E-state index contributed by atoms with van der Waals surface area (Å²) in [5.41, 5.74) is 1.16. The van der Waals surface area contributed by atoms with Crippen molar-refractivity contribution in [1.82, 2.24) is 0 Å². The quantitative estimate of drug-likeness (QED) is 0.471. The van der Waals surface area contributed by atoms with Crippen LogP contribution in [-0.2, 0) is 11.3 Å². The van der Waals surface area contributed by atoms with Gasteiger partial charge in [-0.15, -0.1) is 6.42 Å². The molecule has 0 aliphatic rings. The molecule has 0 spiro atoms. The summed E-state index contributed by atoms with van der Waals surface area (Å²) >= 11 is 9.56. The number of hydrogen-bond acceptors (Lipinski definition) is 4. The van der Waals surface area contributed by atoms with Gasteiger partial charge in [0.15, 0.2) is 18.1 Å². The molecule has 0 heterocycles. The summed E-state index contributed by atoms with van der Waals surface area (Å²) in [6, 6.07) is 10.6. The number of hydrogen-bond donors (Lipinski definition) is 0. The third-order valence-corrected chi connectivity index (χ3v) is 4.12. The van der Waals surface area contributed by atoms with Crippen molar-refractivity contribution >= 4 is 33.5 Å². The number of ether oxygens (including phenoxy) is 3. The topological polar surface area (TPSA) is 44.8 Å². The predicted molar refractivity (Wildman–Crippen MR) is 100 cm³/mol. The first-order valence-corrected chi connectivity index (χ1v) is 8.67. The fraction of sp³-hybridized carbons (Fsp3) is 0.211. The third-order valence-electron chi connectivity index (χ3n) is 3.16. The summed E-state index contributed by atoms with van der Waals surface area (Å²) in [6.45, 7) is 2.43. The van der Waals surface area contributed by atoms with Crippen molar-refractivity contribution in [2.45, 2.75) is 13.5 Å². The van der Waals surface area contributed by atoms with Crippen molar-refractivity contribution in [2.24, 2.45) is 0 Å². The van der Waals surface area contributed by atoms with Crippen molar-refractivity contribution in [3.63, 3.8) is 0 Å². The summed E-state index contributed by atoms with van der Waals surface area (Å²) in [5, 5.41) is 0.617. The van der Waals surface area contributed by atoms with Gasteiger partial charge in [-0.05, 0) is 41.1 Å². The highest BCUT2D eigenvalue weighted by Crippen LogP contribution is 2.38. The first kappa shape index (κ1) is 19.2. The Morgan fingerprint density at radius 1 is 1.28 bits per heavy atom. The van der Waals surface area contributed by atoms with E-state index in [2.05, 4.69) is 21.9 Å². The second kappa shape index (κ2) is 9.36. The minimum absolute atomic E-state index is 0.0921. The fourth-order valence-electron chi connectivity index (χ4n) is 2.04. The summed E-state index contributed by atoms with van der Waals surface area (Å²) in [5.74, 6) is 2.63. The minimum Gasteiger partial charge on any atom is -0.490 e. The van der Waals surface area contributed by atoms with Crippen molar-refractivity contribution < 1.29 is 19.0 Å². The van der Waals surface area contributed by atoms with Gasteiger partial charge >= 0.3 is 5.97 Å². The Labute approximate surface area is 160 Å². The molecule has 0 amide bonds. The maximum Gasteiger partial charge on any atom is 0.339 e. The van der Waals surface area contributed by atoms with Crippen molar-refractivity contribution in [3.8, 4) is 23.8 Å². The zero-order chi connectivity index (χ0) is 18.2. The van der Waals surface area contributed by atoms with E-state index in [0.29, 0.717) is 33.2 Å². The molecule has 0 radical (unpaired) electrons. The average Bonchev–Trinajstić information content (AvgIpc) is 2.60. The van der Waals surface area contributed by atoms with Gasteiger partial charge in [0.05, 0.1) is 16.6 Å². The molecule has 2 aromatic carbocycles. The van der Waals surface area contributed by atoms with Gasteiger partial charge in [0.2, 0.25) is 0 Å². The maximum atomic E-state index is 12.0. The summed E-state index contributed by atoms with van der Waals surface area (Å²) in [7, 11) is 0. The number of benzene rings is 2. The fourth-order valence-corrected chi connectivity index (χ4v) is 2.79. The van der Waals surface area contributed by atoms with E-state index in [4.69, 9.17) is 32.2 Å². The predicted octanol–water partition coefficient (Wildman–Crippen LogP) is 4.87. The molecule has 0 saturated heterocycles. The highest BCUT2D eigenvalue weighted by Gasteiger charge is 2.17. The van der Waals surface area contributed by atoms with E-state index >= 15 is 0 Å². The van der Waals surface area contributed by atoms with Gasteiger partial charge in [0, 0.05) is 10.6 Å². The van der Waals surface area contributed by atoms with Gasteiger partial charge < -0.3 is 14.2 Å². The molecule has 0 fully saturated rings. The average molecular weight is 424 g/mol. The van der Waals surface area contributed by atoms with Crippen LogP contribution in [0.4, 0.5) is 0 Å². The Morgan fingerprint density at radius 2 is 2.04 bits per heavy atom. The van der Waals surface area contributed by atoms with E-state index in [0.717, 1.165) is 5.56 Å². The van der Waals surface area contributed by atoms with Crippen LogP contribution < -0.4 is 9.47 Å². The second-order valence-electron chi connectivity index (χ2n) is 4.88. The lowest BCUT2D eigenvalue weighted by atomic mass is 10.2. The molecule has 0 aliphatic heterocycles. The molecule has 130 valence electrons. The Bertz CT molecular complexity index is 798. The van der Waals surface area contributed by atoms with Gasteiger partial charge in [-0.2, -0.15) is 0 Å². The normalized spacial score (nSPS) is 10.0. The standard InChI is InChI=1S/C19H16BrClO4/c1-3-9-24-19(22)14-10-15(20)18(17(11-14)23-4-2)25-12-13-7-5-6-8-16(13)21/h1,5-8,10-11H,4,9,12H2,2H3. The van der Waals surface area contributed by atoms with Crippen LogP contribution in [0.15, 0.2) is 40.9 Å². The molecular weight excluding hydrogens is 408 g/mol. The van der Waals surface area contributed by atoms with Crippen molar-refractivity contribution in [3.05, 3.63) is 57.0 Å². The number of halogens is 2. The summed E-state index contributed by atoms with van der Waals surface area (Å²) < 4.78 is 17.0. The Hall–Kier alpha value is -2.16. The molecule has 0 atom stereocenters. The summed E-state index contributed by atoms with van der Waals surface area (Å²) in [6.07, 6.45) is 5.10. The Balaban J connectivity index is 2.26. The van der Waals surface area contributed by atoms with Crippen LogP contribution in [-0.4, -0.2) is 19.2 Å². The third kappa shape index (κ3) is 5.15. The highest BCUT2D eigenvalue weighted by molar-refractivity contribution is 9.10. The first-order chi connectivity index (χ1) is 12.1. The van der Waals surface area contributed by atoms with Crippen LogP contribution in [0.5, 0.6) is 11.5 Å². The molecule has 0 unspecified atom stereocenters. The first-order valence-electron chi connectivity index (χ1n) is 7.50. The lowest BCUT2D eigenvalue weighted by Gasteiger charge is -2.15. The number of terminal acetylenes is 1. The lowest BCUT2D eigenvalue weighted by Crippen LogP contribution is -2.07. The van der Waals surface area contributed by atoms with Gasteiger partial charge in [0.25, 0.3) is 0 Å². The second-order valence-corrected chi connectivity index (χ2v) is 6.14. The Morgan fingerprint density at radius 3 is 2.72 bits per heavy atom. The van der Waals surface area contributed by atoms with Crippen molar-refractivity contribution in [1.29, 1.82) is 0 Å². The molecule has 25 heavy (non-hydrogen) atoms. The van der Waals surface area contributed by atoms with Crippen LogP contribution in [0.25, 0.3) is 0 Å². The van der Waals surface area contributed by atoms with Gasteiger partial charge in [-0.1, -0.05) is 35.7 Å². The largest absolute Gasteiger partial charge is 0.490 e. The van der Waals surface area contributed by atoms with Crippen LogP contribution >= 0.6 is 27.5 Å². The van der Waals surface area contributed by atoms with E-state index < -0.39 is 5.97 Å². The monoisotopic (exact) mass is 422 g/mol. The molecule has 0 aliphatic carbocycles. The molecular formula is C19H16BrClO4. The van der Waals surface area contributed by atoms with E-state index in [1.165, 1.54) is 0 Å². The zero-order valence-electron chi connectivity index (χ0n) is 13.6. The number of esters is 1. The number of rotatable bonds is 7. The maximum absolute atomic E-state index is 12.0. The van der Waals surface area contributed by atoms with Crippen LogP contribution in [0.3, 0.4) is 0 Å². The highest BCUT2D eigenvalue weighted by atomic mass is 79.9. The van der Waals surface area contributed by atoms with E-state index in [1.54, 1.807) is 18.2 Å². The SMILES string of the molecule is C#CCOC(=O)c1cc(Br)c(OCc2ccccc2Cl)c(OCC)c1. The van der Waals surface area contributed by atoms with Gasteiger partial charge in [-0.25, -0.2) is 4.79 Å². The molecule has 0 bridgehead atoms. The molecule has 4 nitrogen and oxygen atoms in total. The van der Waals surface area contributed by atoms with E-state index in [1.807, 2.05) is 25.1 Å². The van der Waals surface area contributed by atoms with Crippen molar-refractivity contribution in [2.75, 3.05) is 13.2 Å². The smallest absolute Gasteiger partial charge is 0.339 e. The van der Waals surface area contributed by atoms with E-state index in [-0.39, 0.29) is 13.2 Å². The number of carbonyl (C=O) groups excluding carboxylic acids is 1. The molecule has 0 aromatic heterocycles. The van der Waals surface area contributed by atoms with E-state index in [9.17, 15) is 4.79 Å². The van der Waals surface area contributed by atoms with Gasteiger partial charge in [0.1, 0.15) is 6.61 Å². The molecule has 6 heteroatoms.